The Kier molecular flexibility index (Phi) is 7.75. The van der Waals surface area contributed by atoms with Gasteiger partial charge in [-0.05, 0) is 79.6 Å². The number of hydrogen-bond donors (Lipinski definition) is 0. The lowest BCUT2D eigenvalue weighted by Gasteiger charge is -2.35. The quantitative estimate of drug-likeness (QED) is 0.249. The van der Waals surface area contributed by atoms with Crippen LogP contribution < -0.4 is 0 Å². The molecule has 0 bridgehead atoms. The molecule has 0 aliphatic carbocycles. The minimum Gasteiger partial charge on any atom is -0.444 e. The third-order valence-electron chi connectivity index (χ3n) is 6.93. The molecule has 0 radical (unpaired) electrons. The van der Waals surface area contributed by atoms with Gasteiger partial charge in [0.1, 0.15) is 11.3 Å². The molecule has 1 aliphatic heterocycles. The second-order valence-corrected chi connectivity index (χ2v) is 11.0. The monoisotopic (exact) mass is 522 g/mol. The number of carbonyl (C=O) groups is 2. The molecular weight excluding hydrogens is 488 g/mol. The van der Waals surface area contributed by atoms with Gasteiger partial charge in [-0.25, -0.2) is 9.78 Å². The smallest absolute Gasteiger partial charge is 0.410 e. The summed E-state index contributed by atoms with van der Waals surface area (Å²) < 4.78 is 11.3. The highest BCUT2D eigenvalue weighted by Gasteiger charge is 2.30. The highest BCUT2D eigenvalue weighted by molar-refractivity contribution is 5.97. The number of ether oxygens (including phenoxy) is 2. The fraction of sp³-hybridized carbons (Fsp3) is 0.303. The second-order valence-electron chi connectivity index (χ2n) is 11.0. The molecule has 6 nitrogen and oxygen atoms in total. The van der Waals surface area contributed by atoms with E-state index in [4.69, 9.17) is 9.47 Å². The van der Waals surface area contributed by atoms with Gasteiger partial charge < -0.3 is 14.4 Å². The predicted molar refractivity (Wildman–Crippen MR) is 154 cm³/mol. The first-order chi connectivity index (χ1) is 18.8. The van der Waals surface area contributed by atoms with Gasteiger partial charge in [0.25, 0.3) is 0 Å². The van der Waals surface area contributed by atoms with Crippen LogP contribution in [0.5, 0.6) is 0 Å². The number of pyridine rings is 1. The highest BCUT2D eigenvalue weighted by Crippen LogP contribution is 2.32. The van der Waals surface area contributed by atoms with Gasteiger partial charge in [-0.3, -0.25) is 4.79 Å². The molecule has 0 unspecified atom stereocenters. The summed E-state index contributed by atoms with van der Waals surface area (Å²) in [4.78, 5) is 31.4. The van der Waals surface area contributed by atoms with Crippen molar-refractivity contribution in [2.24, 2.45) is 0 Å². The number of aromatic nitrogens is 1. The lowest BCUT2D eigenvalue weighted by molar-refractivity contribution is -0.00808. The van der Waals surface area contributed by atoms with E-state index in [1.165, 1.54) is 0 Å². The Morgan fingerprint density at radius 2 is 1.62 bits per heavy atom. The zero-order valence-electron chi connectivity index (χ0n) is 22.7. The topological polar surface area (TPSA) is 68.7 Å². The number of hydrogen-bond acceptors (Lipinski definition) is 5. The van der Waals surface area contributed by atoms with E-state index in [0.717, 1.165) is 57.8 Å². The summed E-state index contributed by atoms with van der Waals surface area (Å²) in [5.41, 5.74) is 5.71. The molecule has 4 aromatic rings. The van der Waals surface area contributed by atoms with Gasteiger partial charge in [-0.1, -0.05) is 60.7 Å². The normalized spacial score (nSPS) is 14.2. The Bertz CT molecular complexity index is 1450. The minimum atomic E-state index is -0.585. The van der Waals surface area contributed by atoms with Gasteiger partial charge in [0.05, 0.1) is 5.52 Å². The van der Waals surface area contributed by atoms with Crippen molar-refractivity contribution >= 4 is 23.3 Å². The van der Waals surface area contributed by atoms with Crippen molar-refractivity contribution in [2.75, 3.05) is 13.2 Å². The Balaban J connectivity index is 1.51. The maximum Gasteiger partial charge on any atom is 0.410 e. The molecule has 39 heavy (non-hydrogen) atoms. The Morgan fingerprint density at radius 3 is 2.28 bits per heavy atom. The zero-order valence-corrected chi connectivity index (χ0v) is 22.7. The first kappa shape index (κ1) is 26.6. The summed E-state index contributed by atoms with van der Waals surface area (Å²) in [5, 5.41) is 0.932. The molecular formula is C33H34N2O4. The average Bonchev–Trinajstić information content (AvgIpc) is 2.95. The molecule has 1 amide bonds. The summed E-state index contributed by atoms with van der Waals surface area (Å²) in [5.74, 6) is 0. The number of rotatable bonds is 6. The maximum atomic E-state index is 13.3. The fourth-order valence-corrected chi connectivity index (χ4v) is 5.02. The summed E-state index contributed by atoms with van der Waals surface area (Å²) in [6.45, 7) is 7.32. The number of aldehydes is 1. The number of carbonyl (C=O) groups excluding carboxylic acids is 2. The second kappa shape index (κ2) is 11.4. The van der Waals surface area contributed by atoms with Gasteiger partial charge in [0.2, 0.25) is 0 Å². The van der Waals surface area contributed by atoms with E-state index in [1.54, 1.807) is 0 Å². The van der Waals surface area contributed by atoms with E-state index in [1.807, 2.05) is 62.1 Å². The number of fused-ring (bicyclic) bond motifs is 1. The molecule has 3 aromatic carbocycles. The van der Waals surface area contributed by atoms with E-state index in [9.17, 15) is 9.59 Å². The number of nitrogens with zero attached hydrogens (tertiary/aromatic N) is 2. The third kappa shape index (κ3) is 6.35. The molecule has 1 fully saturated rings. The predicted octanol–water partition coefficient (Wildman–Crippen LogP) is 7.30. The molecule has 0 N–H and O–H groups in total. The lowest BCUT2D eigenvalue weighted by atomic mass is 9.96. The van der Waals surface area contributed by atoms with Crippen LogP contribution in [0.3, 0.4) is 0 Å². The molecule has 6 heteroatoms. The number of amides is 1. The fourth-order valence-electron chi connectivity index (χ4n) is 5.02. The van der Waals surface area contributed by atoms with Crippen molar-refractivity contribution in [1.82, 2.24) is 9.88 Å². The highest BCUT2D eigenvalue weighted by atomic mass is 16.6. The van der Waals surface area contributed by atoms with Crippen LogP contribution >= 0.6 is 0 Å². The van der Waals surface area contributed by atoms with Crippen LogP contribution in [0.2, 0.25) is 0 Å². The SMILES string of the molecule is CC(C)(C)OC(=O)N(Cc1ccc2nc(C=O)cc(-c3ccc(-c4ccccc4)cc3)c2c1)C1CCOCC1. The van der Waals surface area contributed by atoms with Crippen molar-refractivity contribution in [2.45, 2.75) is 51.8 Å². The summed E-state index contributed by atoms with van der Waals surface area (Å²) in [6, 6.07) is 26.4. The summed E-state index contributed by atoms with van der Waals surface area (Å²) in [6.07, 6.45) is 2.01. The van der Waals surface area contributed by atoms with Gasteiger partial charge >= 0.3 is 6.09 Å². The van der Waals surface area contributed by atoms with Crippen molar-refractivity contribution in [3.05, 3.63) is 90.1 Å². The largest absolute Gasteiger partial charge is 0.444 e. The molecule has 200 valence electrons. The minimum absolute atomic E-state index is 0.0462. The van der Waals surface area contributed by atoms with E-state index < -0.39 is 5.60 Å². The van der Waals surface area contributed by atoms with Crippen LogP contribution in [0.4, 0.5) is 4.79 Å². The average molecular weight is 523 g/mol. The van der Waals surface area contributed by atoms with Crippen LogP contribution in [0.1, 0.15) is 49.7 Å². The van der Waals surface area contributed by atoms with Gasteiger partial charge in [-0.2, -0.15) is 0 Å². The molecule has 0 spiro atoms. The van der Waals surface area contributed by atoms with Crippen molar-refractivity contribution in [3.8, 4) is 22.3 Å². The van der Waals surface area contributed by atoms with Gasteiger partial charge in [0, 0.05) is 31.2 Å². The Labute approximate surface area is 229 Å². The van der Waals surface area contributed by atoms with Crippen molar-refractivity contribution in [3.63, 3.8) is 0 Å². The first-order valence-corrected chi connectivity index (χ1v) is 13.4. The maximum absolute atomic E-state index is 13.3. The Hall–Kier alpha value is -4.03. The first-order valence-electron chi connectivity index (χ1n) is 13.4. The van der Waals surface area contributed by atoms with Gasteiger partial charge in [0.15, 0.2) is 6.29 Å². The summed E-state index contributed by atoms with van der Waals surface area (Å²) in [7, 11) is 0. The molecule has 2 heterocycles. The molecule has 1 aromatic heterocycles. The molecule has 0 atom stereocenters. The van der Waals surface area contributed by atoms with E-state index >= 15 is 0 Å². The molecule has 0 saturated carbocycles. The van der Waals surface area contributed by atoms with Crippen LogP contribution in [0, 0.1) is 0 Å². The van der Waals surface area contributed by atoms with E-state index in [-0.39, 0.29) is 12.1 Å². The molecule has 1 saturated heterocycles. The molecule has 5 rings (SSSR count). The number of benzene rings is 3. The Morgan fingerprint density at radius 1 is 0.949 bits per heavy atom. The third-order valence-corrected chi connectivity index (χ3v) is 6.93. The van der Waals surface area contributed by atoms with E-state index in [0.29, 0.717) is 25.5 Å². The zero-order chi connectivity index (χ0) is 27.4. The lowest BCUT2D eigenvalue weighted by Crippen LogP contribution is -2.45. The van der Waals surface area contributed by atoms with E-state index in [2.05, 4.69) is 47.4 Å². The molecule has 1 aliphatic rings. The van der Waals surface area contributed by atoms with Crippen LogP contribution in [-0.4, -0.2) is 47.1 Å². The van der Waals surface area contributed by atoms with Crippen LogP contribution in [0.25, 0.3) is 33.2 Å². The van der Waals surface area contributed by atoms with Crippen LogP contribution in [0.15, 0.2) is 78.9 Å². The van der Waals surface area contributed by atoms with Crippen molar-refractivity contribution < 1.29 is 19.1 Å². The summed E-state index contributed by atoms with van der Waals surface area (Å²) >= 11 is 0. The van der Waals surface area contributed by atoms with Crippen LogP contribution in [-0.2, 0) is 16.0 Å². The standard InChI is InChI=1S/C33H34N2O4/c1-33(2,3)39-32(37)35(28-15-17-38-18-16-28)21-23-9-14-31-30(19-23)29(20-27(22-36)34-31)26-12-10-25(11-13-26)24-7-5-4-6-8-24/h4-14,19-20,22,28H,15-18,21H2,1-3H3. The van der Waals surface area contributed by atoms with Crippen molar-refractivity contribution in [1.29, 1.82) is 0 Å². The van der Waals surface area contributed by atoms with Gasteiger partial charge in [-0.15, -0.1) is 0 Å².